The molecule has 0 radical (unpaired) electrons. The molecule has 0 bridgehead atoms. The molecule has 62 valence electrons. The number of rotatable bonds is 1. The van der Waals surface area contributed by atoms with Gasteiger partial charge in [0.2, 0.25) is 0 Å². The average molecular weight is 164 g/mol. The third kappa shape index (κ3) is 0.942. The number of aldehydes is 1. The molecule has 1 aliphatic rings. The quantitative estimate of drug-likeness (QED) is 0.631. The number of carbonyl (C=O) groups excluding carboxylic acids is 1. The highest BCUT2D eigenvalue weighted by Gasteiger charge is 2.23. The monoisotopic (exact) mass is 164 g/mol. The van der Waals surface area contributed by atoms with Crippen LogP contribution in [0.3, 0.4) is 0 Å². The van der Waals surface area contributed by atoms with Crippen molar-refractivity contribution < 1.29 is 14.6 Å². The van der Waals surface area contributed by atoms with Crippen LogP contribution in [0.5, 0.6) is 11.5 Å². The second-order valence-electron chi connectivity index (χ2n) is 2.78. The molecule has 0 spiro atoms. The Balaban J connectivity index is 2.49. The van der Waals surface area contributed by atoms with Crippen molar-refractivity contribution in [1.29, 1.82) is 0 Å². The standard InChI is InChI=1S/C9H8O3/c10-4-6-5-12-9-2-1-7(11)3-8(6)9/h1-4,6,11H,5H2. The Morgan fingerprint density at radius 3 is 3.17 bits per heavy atom. The van der Waals surface area contributed by atoms with Crippen LogP contribution in [0.1, 0.15) is 11.5 Å². The van der Waals surface area contributed by atoms with Gasteiger partial charge < -0.3 is 14.6 Å². The number of ether oxygens (including phenoxy) is 1. The Hall–Kier alpha value is -1.51. The molecular weight excluding hydrogens is 156 g/mol. The summed E-state index contributed by atoms with van der Waals surface area (Å²) < 4.78 is 5.21. The van der Waals surface area contributed by atoms with Gasteiger partial charge in [0.05, 0.1) is 5.92 Å². The van der Waals surface area contributed by atoms with E-state index in [1.165, 1.54) is 0 Å². The van der Waals surface area contributed by atoms with Gasteiger partial charge in [-0.05, 0) is 18.2 Å². The zero-order chi connectivity index (χ0) is 8.55. The largest absolute Gasteiger partial charge is 0.508 e. The second kappa shape index (κ2) is 2.52. The van der Waals surface area contributed by atoms with Crippen LogP contribution in [0.4, 0.5) is 0 Å². The maximum absolute atomic E-state index is 10.5. The highest BCUT2D eigenvalue weighted by atomic mass is 16.5. The molecule has 3 nitrogen and oxygen atoms in total. The van der Waals surface area contributed by atoms with Crippen LogP contribution in [-0.2, 0) is 4.79 Å². The van der Waals surface area contributed by atoms with Crippen LogP contribution in [-0.4, -0.2) is 18.0 Å². The van der Waals surface area contributed by atoms with Gasteiger partial charge in [-0.2, -0.15) is 0 Å². The van der Waals surface area contributed by atoms with Crippen LogP contribution in [0.25, 0.3) is 0 Å². The molecule has 0 amide bonds. The van der Waals surface area contributed by atoms with E-state index in [0.29, 0.717) is 12.4 Å². The second-order valence-corrected chi connectivity index (χ2v) is 2.78. The molecule has 0 saturated heterocycles. The summed E-state index contributed by atoms with van der Waals surface area (Å²) in [6.07, 6.45) is 0.839. The predicted octanol–water partition coefficient (Wildman–Crippen LogP) is 1.07. The number of aromatic hydroxyl groups is 1. The third-order valence-electron chi connectivity index (χ3n) is 1.98. The van der Waals surface area contributed by atoms with Crippen LogP contribution in [0.2, 0.25) is 0 Å². The first-order chi connectivity index (χ1) is 5.81. The SMILES string of the molecule is O=CC1COc2ccc(O)cc21. The fraction of sp³-hybridized carbons (Fsp3) is 0.222. The van der Waals surface area contributed by atoms with Crippen molar-refractivity contribution in [2.75, 3.05) is 6.61 Å². The van der Waals surface area contributed by atoms with E-state index < -0.39 is 0 Å². The summed E-state index contributed by atoms with van der Waals surface area (Å²) in [5.41, 5.74) is 0.782. The summed E-state index contributed by atoms with van der Waals surface area (Å²) in [5, 5.41) is 9.14. The van der Waals surface area contributed by atoms with Gasteiger partial charge in [-0.15, -0.1) is 0 Å². The summed E-state index contributed by atoms with van der Waals surface area (Å²) in [5.74, 6) is 0.656. The van der Waals surface area contributed by atoms with Gasteiger partial charge in [-0.25, -0.2) is 0 Å². The number of phenols is 1. The molecule has 1 aromatic rings. The predicted molar refractivity (Wildman–Crippen MR) is 42.4 cm³/mol. The van der Waals surface area contributed by atoms with Crippen LogP contribution in [0.15, 0.2) is 18.2 Å². The summed E-state index contributed by atoms with van der Waals surface area (Å²) in [4.78, 5) is 10.5. The minimum absolute atomic E-state index is 0.172. The fourth-order valence-corrected chi connectivity index (χ4v) is 1.34. The topological polar surface area (TPSA) is 46.5 Å². The molecule has 1 unspecified atom stereocenters. The Labute approximate surface area is 69.6 Å². The highest BCUT2D eigenvalue weighted by molar-refractivity contribution is 5.67. The molecule has 1 N–H and O–H groups in total. The van der Waals surface area contributed by atoms with Crippen LogP contribution >= 0.6 is 0 Å². The molecule has 0 saturated carbocycles. The molecular formula is C9H8O3. The molecule has 1 aliphatic heterocycles. The molecule has 0 fully saturated rings. The van der Waals surface area contributed by atoms with Crippen molar-refractivity contribution in [2.45, 2.75) is 5.92 Å². The lowest BCUT2D eigenvalue weighted by atomic mass is 10.0. The van der Waals surface area contributed by atoms with Crippen molar-refractivity contribution in [3.05, 3.63) is 23.8 Å². The minimum Gasteiger partial charge on any atom is -0.508 e. The molecule has 1 atom stereocenters. The van der Waals surface area contributed by atoms with Gasteiger partial charge in [0.1, 0.15) is 24.4 Å². The summed E-state index contributed by atoms with van der Waals surface area (Å²) in [6, 6.07) is 4.79. The normalized spacial score (nSPS) is 19.8. The van der Waals surface area contributed by atoms with Gasteiger partial charge >= 0.3 is 0 Å². The molecule has 1 aromatic carbocycles. The average Bonchev–Trinajstić information content (AvgIpc) is 2.46. The molecule has 2 rings (SSSR count). The third-order valence-corrected chi connectivity index (χ3v) is 1.98. The first-order valence-corrected chi connectivity index (χ1v) is 3.72. The van der Waals surface area contributed by atoms with Gasteiger partial charge in [0.15, 0.2) is 0 Å². The molecule has 12 heavy (non-hydrogen) atoms. The Bertz CT molecular complexity index is 320. The Kier molecular flexibility index (Phi) is 1.50. The number of fused-ring (bicyclic) bond motifs is 1. The van der Waals surface area contributed by atoms with E-state index in [-0.39, 0.29) is 11.7 Å². The zero-order valence-electron chi connectivity index (χ0n) is 6.36. The molecule has 1 heterocycles. The number of phenolic OH excluding ortho intramolecular Hbond substituents is 1. The molecule has 3 heteroatoms. The summed E-state index contributed by atoms with van der Waals surface area (Å²) in [6.45, 7) is 0.391. The Morgan fingerprint density at radius 2 is 2.42 bits per heavy atom. The van der Waals surface area contributed by atoms with Crippen LogP contribution in [0, 0.1) is 0 Å². The number of hydrogen-bond donors (Lipinski definition) is 1. The van der Waals surface area contributed by atoms with Gasteiger partial charge in [-0.3, -0.25) is 0 Å². The first-order valence-electron chi connectivity index (χ1n) is 3.72. The Morgan fingerprint density at radius 1 is 1.58 bits per heavy atom. The van der Waals surface area contributed by atoms with Gasteiger partial charge in [0, 0.05) is 5.56 Å². The van der Waals surface area contributed by atoms with Gasteiger partial charge in [0.25, 0.3) is 0 Å². The van der Waals surface area contributed by atoms with E-state index in [1.807, 2.05) is 0 Å². The van der Waals surface area contributed by atoms with E-state index in [1.54, 1.807) is 18.2 Å². The zero-order valence-corrected chi connectivity index (χ0v) is 6.36. The van der Waals surface area contributed by atoms with Crippen molar-refractivity contribution >= 4 is 6.29 Å². The number of hydrogen-bond acceptors (Lipinski definition) is 3. The smallest absolute Gasteiger partial charge is 0.131 e. The lowest BCUT2D eigenvalue weighted by molar-refractivity contribution is -0.109. The first kappa shape index (κ1) is 7.16. The van der Waals surface area contributed by atoms with Crippen molar-refractivity contribution in [3.8, 4) is 11.5 Å². The van der Waals surface area contributed by atoms with E-state index in [4.69, 9.17) is 9.84 Å². The van der Waals surface area contributed by atoms with Crippen molar-refractivity contribution in [1.82, 2.24) is 0 Å². The molecule has 0 aromatic heterocycles. The van der Waals surface area contributed by atoms with E-state index >= 15 is 0 Å². The van der Waals surface area contributed by atoms with E-state index in [9.17, 15) is 4.79 Å². The van der Waals surface area contributed by atoms with E-state index in [2.05, 4.69) is 0 Å². The number of benzene rings is 1. The maximum Gasteiger partial charge on any atom is 0.131 e. The summed E-state index contributed by atoms with van der Waals surface area (Å²) in [7, 11) is 0. The highest BCUT2D eigenvalue weighted by Crippen LogP contribution is 2.34. The maximum atomic E-state index is 10.5. The van der Waals surface area contributed by atoms with Crippen molar-refractivity contribution in [3.63, 3.8) is 0 Å². The number of carbonyl (C=O) groups is 1. The lowest BCUT2D eigenvalue weighted by Crippen LogP contribution is -2.00. The van der Waals surface area contributed by atoms with Crippen molar-refractivity contribution in [2.24, 2.45) is 0 Å². The minimum atomic E-state index is -0.216. The fourth-order valence-electron chi connectivity index (χ4n) is 1.34. The summed E-state index contributed by atoms with van der Waals surface area (Å²) >= 11 is 0. The van der Waals surface area contributed by atoms with Gasteiger partial charge in [-0.1, -0.05) is 0 Å². The van der Waals surface area contributed by atoms with Crippen LogP contribution < -0.4 is 4.74 Å². The van der Waals surface area contributed by atoms with E-state index in [0.717, 1.165) is 11.8 Å². The molecule has 0 aliphatic carbocycles. The lowest BCUT2D eigenvalue weighted by Gasteiger charge is -1.98.